The molecule has 0 unspecified atom stereocenters. The summed E-state index contributed by atoms with van der Waals surface area (Å²) in [5.74, 6) is -0.821. The fourth-order valence-electron chi connectivity index (χ4n) is 1.45. The molecule has 0 saturated carbocycles. The summed E-state index contributed by atoms with van der Waals surface area (Å²) < 4.78 is 29.9. The molecule has 0 aliphatic heterocycles. The first-order chi connectivity index (χ1) is 8.56. The fourth-order valence-corrected chi connectivity index (χ4v) is 1.45. The number of benzene rings is 1. The van der Waals surface area contributed by atoms with Crippen LogP contribution in [0.3, 0.4) is 0 Å². The summed E-state index contributed by atoms with van der Waals surface area (Å²) in [4.78, 5) is 22.3. The minimum Gasteiger partial charge on any atom is -0.462 e. The third kappa shape index (κ3) is 2.51. The van der Waals surface area contributed by atoms with Crippen LogP contribution in [-0.2, 0) is 4.74 Å². The molecule has 0 saturated heterocycles. The normalized spacial score (nSPS) is 9.94. The molecule has 0 fully saturated rings. The Morgan fingerprint density at radius 1 is 1.56 bits per heavy atom. The molecule has 0 amide bonds. The third-order valence-electron chi connectivity index (χ3n) is 2.24. The Balaban J connectivity index is 3.45. The smallest absolute Gasteiger partial charge is 0.339 e. The van der Waals surface area contributed by atoms with E-state index in [1.807, 2.05) is 0 Å². The largest absolute Gasteiger partial charge is 0.462 e. The minimum atomic E-state index is -2.89. The maximum atomic E-state index is 12.6. The van der Waals surface area contributed by atoms with Gasteiger partial charge in [0.15, 0.2) is 6.29 Å². The van der Waals surface area contributed by atoms with Gasteiger partial charge in [0.1, 0.15) is 6.07 Å². The van der Waals surface area contributed by atoms with Crippen molar-refractivity contribution in [2.45, 2.75) is 13.3 Å². The second-order valence-electron chi connectivity index (χ2n) is 3.24. The maximum Gasteiger partial charge on any atom is 0.339 e. The van der Waals surface area contributed by atoms with Crippen LogP contribution in [0.25, 0.3) is 0 Å². The molecule has 94 valence electrons. The Hall–Kier alpha value is -2.29. The molecular formula is C12H9F2NO3. The number of carbonyl (C=O) groups excluding carboxylic acids is 2. The van der Waals surface area contributed by atoms with Gasteiger partial charge in [0.25, 0.3) is 6.43 Å². The summed E-state index contributed by atoms with van der Waals surface area (Å²) in [7, 11) is 0. The predicted octanol–water partition coefficient (Wildman–Crippen LogP) is 2.49. The van der Waals surface area contributed by atoms with Crippen molar-refractivity contribution < 1.29 is 23.1 Å². The zero-order valence-electron chi connectivity index (χ0n) is 9.44. The molecule has 18 heavy (non-hydrogen) atoms. The summed E-state index contributed by atoms with van der Waals surface area (Å²) in [6, 6.07) is 3.59. The number of carbonyl (C=O) groups is 2. The first kappa shape index (κ1) is 13.8. The topological polar surface area (TPSA) is 67.2 Å². The van der Waals surface area contributed by atoms with E-state index in [4.69, 9.17) is 5.26 Å². The van der Waals surface area contributed by atoms with Crippen LogP contribution in [0.5, 0.6) is 0 Å². The molecule has 1 rings (SSSR count). The van der Waals surface area contributed by atoms with Gasteiger partial charge < -0.3 is 4.74 Å². The molecular weight excluding hydrogens is 244 g/mol. The number of ether oxygens (including phenoxy) is 1. The van der Waals surface area contributed by atoms with Crippen molar-refractivity contribution in [2.75, 3.05) is 6.61 Å². The lowest BCUT2D eigenvalue weighted by atomic mass is 9.97. The van der Waals surface area contributed by atoms with Crippen LogP contribution in [-0.4, -0.2) is 18.9 Å². The van der Waals surface area contributed by atoms with Gasteiger partial charge in [0.2, 0.25) is 0 Å². The number of alkyl halides is 2. The minimum absolute atomic E-state index is 0.0801. The summed E-state index contributed by atoms with van der Waals surface area (Å²) in [5, 5.41) is 8.89. The van der Waals surface area contributed by atoms with Crippen molar-refractivity contribution in [1.82, 2.24) is 0 Å². The van der Waals surface area contributed by atoms with E-state index in [1.54, 1.807) is 13.0 Å². The highest BCUT2D eigenvalue weighted by atomic mass is 19.3. The van der Waals surface area contributed by atoms with E-state index in [9.17, 15) is 18.4 Å². The number of nitrogens with zero attached hydrogens (tertiary/aromatic N) is 1. The number of aldehydes is 1. The number of esters is 1. The van der Waals surface area contributed by atoms with E-state index in [0.29, 0.717) is 0 Å². The van der Waals surface area contributed by atoms with Gasteiger partial charge in [0.05, 0.1) is 17.7 Å². The molecule has 0 atom stereocenters. The molecule has 0 bridgehead atoms. The number of rotatable bonds is 4. The highest BCUT2D eigenvalue weighted by Gasteiger charge is 2.22. The van der Waals surface area contributed by atoms with E-state index in [0.717, 1.165) is 12.1 Å². The lowest BCUT2D eigenvalue weighted by Crippen LogP contribution is -2.10. The average Bonchev–Trinajstić information content (AvgIpc) is 2.36. The van der Waals surface area contributed by atoms with Crippen LogP contribution in [0.1, 0.15) is 45.2 Å². The molecule has 0 aromatic heterocycles. The van der Waals surface area contributed by atoms with Crippen molar-refractivity contribution in [3.05, 3.63) is 34.4 Å². The van der Waals surface area contributed by atoms with Crippen molar-refractivity contribution in [3.63, 3.8) is 0 Å². The molecule has 0 radical (unpaired) electrons. The highest BCUT2D eigenvalue weighted by Crippen LogP contribution is 2.26. The Labute approximate surface area is 102 Å². The lowest BCUT2D eigenvalue weighted by molar-refractivity contribution is 0.0525. The third-order valence-corrected chi connectivity index (χ3v) is 2.24. The first-order valence-electron chi connectivity index (χ1n) is 5.04. The Morgan fingerprint density at radius 3 is 2.67 bits per heavy atom. The fraction of sp³-hybridized carbons (Fsp3) is 0.250. The van der Waals surface area contributed by atoms with Crippen LogP contribution < -0.4 is 0 Å². The Kier molecular flexibility index (Phi) is 4.49. The molecule has 6 heteroatoms. The van der Waals surface area contributed by atoms with E-state index < -0.39 is 23.5 Å². The van der Waals surface area contributed by atoms with E-state index in [2.05, 4.69) is 4.74 Å². The SMILES string of the molecule is CCOC(=O)c1ccc(C(F)F)c(C=O)c1C#N. The van der Waals surface area contributed by atoms with Gasteiger partial charge >= 0.3 is 5.97 Å². The second-order valence-corrected chi connectivity index (χ2v) is 3.24. The van der Waals surface area contributed by atoms with E-state index in [-0.39, 0.29) is 24.0 Å². The van der Waals surface area contributed by atoms with Crippen molar-refractivity contribution in [2.24, 2.45) is 0 Å². The number of hydrogen-bond acceptors (Lipinski definition) is 4. The first-order valence-corrected chi connectivity index (χ1v) is 5.04. The molecule has 1 aromatic carbocycles. The summed E-state index contributed by atoms with van der Waals surface area (Å²) in [6.07, 6.45) is -2.75. The van der Waals surface area contributed by atoms with Crippen LogP contribution in [0.2, 0.25) is 0 Å². The van der Waals surface area contributed by atoms with Gasteiger partial charge in [-0.15, -0.1) is 0 Å². The monoisotopic (exact) mass is 253 g/mol. The number of hydrogen-bond donors (Lipinski definition) is 0. The molecule has 0 N–H and O–H groups in total. The zero-order valence-corrected chi connectivity index (χ0v) is 9.44. The van der Waals surface area contributed by atoms with E-state index >= 15 is 0 Å². The summed E-state index contributed by atoms with van der Waals surface area (Å²) >= 11 is 0. The van der Waals surface area contributed by atoms with Gasteiger partial charge in [0, 0.05) is 11.1 Å². The van der Waals surface area contributed by atoms with Gasteiger partial charge in [-0.3, -0.25) is 4.79 Å². The van der Waals surface area contributed by atoms with Crippen molar-refractivity contribution in [3.8, 4) is 6.07 Å². The number of halogens is 2. The summed E-state index contributed by atoms with van der Waals surface area (Å²) in [6.45, 7) is 1.65. The molecule has 0 aliphatic rings. The highest BCUT2D eigenvalue weighted by molar-refractivity contribution is 5.96. The van der Waals surface area contributed by atoms with Crippen molar-refractivity contribution >= 4 is 12.3 Å². The quantitative estimate of drug-likeness (QED) is 0.610. The van der Waals surface area contributed by atoms with E-state index in [1.165, 1.54) is 0 Å². The number of nitriles is 1. The van der Waals surface area contributed by atoms with Crippen molar-refractivity contribution in [1.29, 1.82) is 5.26 Å². The molecule has 4 nitrogen and oxygen atoms in total. The van der Waals surface area contributed by atoms with Gasteiger partial charge in [-0.2, -0.15) is 5.26 Å². The maximum absolute atomic E-state index is 12.6. The van der Waals surface area contributed by atoms with Crippen LogP contribution in [0, 0.1) is 11.3 Å². The molecule has 0 spiro atoms. The van der Waals surface area contributed by atoms with Crippen LogP contribution in [0.4, 0.5) is 8.78 Å². The molecule has 1 aromatic rings. The predicted molar refractivity (Wildman–Crippen MR) is 57.5 cm³/mol. The molecule has 0 heterocycles. The average molecular weight is 253 g/mol. The van der Waals surface area contributed by atoms with Gasteiger partial charge in [-0.25, -0.2) is 13.6 Å². The van der Waals surface area contributed by atoms with Gasteiger partial charge in [-0.1, -0.05) is 6.07 Å². The lowest BCUT2D eigenvalue weighted by Gasteiger charge is -2.09. The Bertz CT molecular complexity index is 521. The zero-order chi connectivity index (χ0) is 13.7. The Morgan fingerprint density at radius 2 is 2.22 bits per heavy atom. The van der Waals surface area contributed by atoms with Crippen LogP contribution >= 0.6 is 0 Å². The van der Waals surface area contributed by atoms with Crippen LogP contribution in [0.15, 0.2) is 12.1 Å². The summed E-state index contributed by atoms with van der Waals surface area (Å²) in [5.41, 5.74) is -1.63. The standard InChI is InChI=1S/C12H9F2NO3/c1-2-18-12(17)8-4-3-7(11(13)14)10(6-16)9(8)5-15/h3-4,6,11H,2H2,1H3. The molecule has 0 aliphatic carbocycles. The van der Waals surface area contributed by atoms with Gasteiger partial charge in [-0.05, 0) is 13.0 Å². The second kappa shape index (κ2) is 5.87.